The molecule has 6 nitrogen and oxygen atoms in total. The second kappa shape index (κ2) is 16.0. The van der Waals surface area contributed by atoms with Gasteiger partial charge in [-0.3, -0.25) is 14.6 Å². The quantitative estimate of drug-likeness (QED) is 0.305. The van der Waals surface area contributed by atoms with Crippen LogP contribution in [0, 0.1) is 0 Å². The first-order valence-corrected chi connectivity index (χ1v) is 1.41. The van der Waals surface area contributed by atoms with Gasteiger partial charge in [-0.25, -0.2) is 0 Å². The van der Waals surface area contributed by atoms with Gasteiger partial charge < -0.3 is 30.1 Å². The molecule has 0 aliphatic carbocycles. The molecule has 48 valence electrons. The molecule has 0 aromatic carbocycles. The van der Waals surface area contributed by atoms with Crippen molar-refractivity contribution in [2.24, 2.45) is 0 Å². The zero-order valence-corrected chi connectivity index (χ0v) is 4.76. The number of rotatable bonds is 0. The van der Waals surface area contributed by atoms with E-state index >= 15 is 0 Å². The van der Waals surface area contributed by atoms with E-state index < -0.39 is 14.6 Å². The molecule has 0 aliphatic heterocycles. The van der Waals surface area contributed by atoms with Crippen LogP contribution < -0.4 is 30.1 Å². The monoisotopic (exact) mass is 140 g/mol. The van der Waals surface area contributed by atoms with Crippen molar-refractivity contribution in [3.63, 3.8) is 0 Å². The van der Waals surface area contributed by atoms with Crippen molar-refractivity contribution in [3.8, 4) is 0 Å². The first-order valence-electron chi connectivity index (χ1n) is 1.41. The van der Waals surface area contributed by atoms with Crippen molar-refractivity contribution >= 4 is 31.5 Å². The van der Waals surface area contributed by atoms with Gasteiger partial charge in [0, 0.05) is 0 Å². The minimum atomic E-state index is -2.92. The molecule has 0 aliphatic rings. The second-order valence-corrected chi connectivity index (χ2v) is 0.577. The second-order valence-electron chi connectivity index (χ2n) is 0.577. The summed E-state index contributed by atoms with van der Waals surface area (Å²) < 4.78 is 0. The van der Waals surface area contributed by atoms with E-state index in [2.05, 4.69) is 0 Å². The molecule has 10 heavy (non-hydrogen) atoms. The van der Waals surface area contributed by atoms with Crippen LogP contribution in [-0.4, -0.2) is 31.5 Å². The first-order chi connectivity index (χ1) is 3.46. The molecular formula is B4O6. The third-order valence-corrected chi connectivity index (χ3v) is 0. The number of hydrogen-bond acceptors (Lipinski definition) is 6. The fourth-order valence-corrected chi connectivity index (χ4v) is 0. The summed E-state index contributed by atoms with van der Waals surface area (Å²) in [5.74, 6) is 0. The van der Waals surface area contributed by atoms with E-state index in [1.807, 2.05) is 0 Å². The van der Waals surface area contributed by atoms with E-state index in [4.69, 9.17) is 30.1 Å². The van der Waals surface area contributed by atoms with Gasteiger partial charge >= 0.3 is 16.8 Å². The van der Waals surface area contributed by atoms with Crippen LogP contribution in [0.5, 0.6) is 0 Å². The smallest absolute Gasteiger partial charge is 0.907 e. The summed E-state index contributed by atoms with van der Waals surface area (Å²) in [5.41, 5.74) is 0. The third kappa shape index (κ3) is 1010000. The van der Waals surface area contributed by atoms with Crippen LogP contribution in [0.3, 0.4) is 0 Å². The third-order valence-electron chi connectivity index (χ3n) is 0. The Morgan fingerprint density at radius 2 is 0.500 bits per heavy atom. The van der Waals surface area contributed by atoms with Crippen LogP contribution in [0.15, 0.2) is 0 Å². The molecule has 0 fully saturated rings. The van der Waals surface area contributed by atoms with Gasteiger partial charge in [0.2, 0.25) is 0 Å². The average molecular weight is 139 g/mol. The molecule has 0 N–H and O–H groups in total. The first kappa shape index (κ1) is 22.5. The summed E-state index contributed by atoms with van der Waals surface area (Å²) in [6.07, 6.45) is 0. The van der Waals surface area contributed by atoms with Crippen molar-refractivity contribution in [2.45, 2.75) is 0 Å². The Labute approximate surface area is 62.6 Å². The summed E-state index contributed by atoms with van der Waals surface area (Å²) in [5, 5.41) is 50.5. The Hall–Kier alpha value is 0.0197. The zero-order valence-electron chi connectivity index (χ0n) is 4.76. The van der Waals surface area contributed by atoms with Gasteiger partial charge in [-0.05, 0) is 0 Å². The molecule has 0 atom stereocenters. The molecule has 0 saturated carbocycles. The van der Waals surface area contributed by atoms with Crippen LogP contribution in [-0.2, 0) is 0 Å². The maximum absolute atomic E-state index is 8.42. The maximum Gasteiger partial charge on any atom is 3.00 e. The van der Waals surface area contributed by atoms with Gasteiger partial charge in [-0.2, -0.15) is 0 Å². The molecule has 0 saturated heterocycles. The molecule has 0 rings (SSSR count). The van der Waals surface area contributed by atoms with Gasteiger partial charge in [0.25, 0.3) is 0 Å². The molecule has 0 spiro atoms. The van der Waals surface area contributed by atoms with Crippen LogP contribution in [0.1, 0.15) is 0 Å². The molecule has 0 unspecified atom stereocenters. The van der Waals surface area contributed by atoms with Gasteiger partial charge in [-0.1, -0.05) is 0 Å². The van der Waals surface area contributed by atoms with Crippen LogP contribution in [0.4, 0.5) is 0 Å². The predicted octanol–water partition coefficient (Wildman–Crippen LogP) is -8.66. The van der Waals surface area contributed by atoms with Crippen molar-refractivity contribution in [1.29, 1.82) is 0 Å². The maximum atomic E-state index is 8.42. The Morgan fingerprint density at radius 3 is 0.500 bits per heavy atom. The molecule has 0 bridgehead atoms. The largest absolute Gasteiger partial charge is 3.00 e. The fourth-order valence-electron chi connectivity index (χ4n) is 0. The summed E-state index contributed by atoms with van der Waals surface area (Å²) in [6, 6.07) is 0. The molecule has 0 aromatic rings. The minimum Gasteiger partial charge on any atom is -0.907 e. The summed E-state index contributed by atoms with van der Waals surface area (Å²) in [4.78, 5) is 0. The molecule has 0 radical (unpaired) electrons. The molecule has 0 heterocycles. The summed E-state index contributed by atoms with van der Waals surface area (Å²) in [7, 11) is -5.83. The Kier molecular flexibility index (Phi) is 36.0. The standard InChI is InChI=1S/2BO3.2B/c2*2-1(3)4;;/q2*-3;2*+3. The molecular weight excluding hydrogens is 139 g/mol. The van der Waals surface area contributed by atoms with Crippen molar-refractivity contribution < 1.29 is 30.1 Å². The molecule has 0 amide bonds. The van der Waals surface area contributed by atoms with Crippen molar-refractivity contribution in [1.82, 2.24) is 0 Å². The van der Waals surface area contributed by atoms with Crippen LogP contribution in [0.2, 0.25) is 0 Å². The van der Waals surface area contributed by atoms with Crippen LogP contribution in [0.25, 0.3) is 0 Å². The summed E-state index contributed by atoms with van der Waals surface area (Å²) in [6.45, 7) is 0. The van der Waals surface area contributed by atoms with E-state index in [0.717, 1.165) is 0 Å². The SMILES string of the molecule is [B+3].[B+3].[O-]B([O-])[O-].[O-]B([O-])[O-]. The van der Waals surface area contributed by atoms with Gasteiger partial charge in [0.1, 0.15) is 0 Å². The molecule has 0 aromatic heterocycles. The Balaban J connectivity index is -0.0000000300. The van der Waals surface area contributed by atoms with E-state index in [9.17, 15) is 0 Å². The fraction of sp³-hybridized carbons (Fsp3) is 0. The Morgan fingerprint density at radius 1 is 0.500 bits per heavy atom. The van der Waals surface area contributed by atoms with E-state index in [1.54, 1.807) is 0 Å². The average Bonchev–Trinajstić information content (AvgIpc) is 1.25. The van der Waals surface area contributed by atoms with Crippen LogP contribution >= 0.6 is 0 Å². The van der Waals surface area contributed by atoms with Crippen molar-refractivity contribution in [2.75, 3.05) is 0 Å². The molecule has 10 heteroatoms. The predicted molar refractivity (Wildman–Crippen MR) is 23.0 cm³/mol. The topological polar surface area (TPSA) is 138 Å². The zero-order chi connectivity index (χ0) is 7.15. The summed E-state index contributed by atoms with van der Waals surface area (Å²) >= 11 is 0. The van der Waals surface area contributed by atoms with E-state index in [-0.39, 0.29) is 16.8 Å². The van der Waals surface area contributed by atoms with Crippen molar-refractivity contribution in [3.05, 3.63) is 0 Å². The van der Waals surface area contributed by atoms with Gasteiger partial charge in [0.15, 0.2) is 0 Å². The number of hydrogen-bond donors (Lipinski definition) is 0. The Bertz CT molecular complexity index is 25.2. The van der Waals surface area contributed by atoms with E-state index in [1.165, 1.54) is 0 Å². The van der Waals surface area contributed by atoms with Gasteiger partial charge in [-0.15, -0.1) is 0 Å². The van der Waals surface area contributed by atoms with E-state index in [0.29, 0.717) is 0 Å². The minimum absolute atomic E-state index is 0. The van der Waals surface area contributed by atoms with Gasteiger partial charge in [0.05, 0.1) is 0 Å². The normalized spacial score (nSPS) is 5.40.